The van der Waals surface area contributed by atoms with Crippen LogP contribution >= 0.6 is 24.0 Å². The molecule has 0 amide bonds. The Morgan fingerprint density at radius 2 is 1.94 bits per heavy atom. The third kappa shape index (κ3) is 5.36. The van der Waals surface area contributed by atoms with Crippen LogP contribution in [0.25, 0.3) is 0 Å². The fourth-order valence-electron chi connectivity index (χ4n) is 3.90. The maximum Gasteiger partial charge on any atom is 0.250 e. The van der Waals surface area contributed by atoms with Crippen molar-refractivity contribution in [3.8, 4) is 5.75 Å². The highest BCUT2D eigenvalue weighted by Gasteiger charge is 2.33. The second kappa shape index (κ2) is 10.5. The van der Waals surface area contributed by atoms with Gasteiger partial charge in [0.2, 0.25) is 5.95 Å². The molecule has 0 saturated heterocycles. The lowest BCUT2D eigenvalue weighted by atomic mass is 9.98. The topological polar surface area (TPSA) is 43.2 Å². The van der Waals surface area contributed by atoms with Gasteiger partial charge >= 0.3 is 0 Å². The second-order valence-electron chi connectivity index (χ2n) is 8.12. The van der Waals surface area contributed by atoms with Gasteiger partial charge in [-0.05, 0) is 55.5 Å². The molecule has 172 valence electrons. The van der Waals surface area contributed by atoms with Crippen molar-refractivity contribution in [3.05, 3.63) is 64.7 Å². The summed E-state index contributed by atoms with van der Waals surface area (Å²) >= 11 is 6.73. The number of nitrogens with zero attached hydrogens (tertiary/aromatic N) is 4. The molecule has 1 aromatic heterocycles. The van der Waals surface area contributed by atoms with Crippen molar-refractivity contribution in [2.45, 2.75) is 52.1 Å². The van der Waals surface area contributed by atoms with E-state index in [9.17, 15) is 4.39 Å². The van der Waals surface area contributed by atoms with Crippen molar-refractivity contribution in [2.24, 2.45) is 5.92 Å². The normalized spacial score (nSPS) is 14.0. The van der Waals surface area contributed by atoms with E-state index < -0.39 is 0 Å². The van der Waals surface area contributed by atoms with Crippen LogP contribution in [0.3, 0.4) is 0 Å². The monoisotopic (exact) mass is 478 g/mol. The SMILES string of the molecule is CCCn1nc(N(c2ccc(OC)cc2Cl)[C@@H](CC2CC2)c2ccc(F)cc2)nc1C.Cl. The highest BCUT2D eigenvalue weighted by molar-refractivity contribution is 6.33. The van der Waals surface area contributed by atoms with Crippen LogP contribution in [0, 0.1) is 18.7 Å². The minimum Gasteiger partial charge on any atom is -0.497 e. The number of hydrogen-bond donors (Lipinski definition) is 0. The Hall–Kier alpha value is -2.31. The number of aromatic nitrogens is 3. The molecule has 0 bridgehead atoms. The number of anilines is 2. The summed E-state index contributed by atoms with van der Waals surface area (Å²) in [5, 5.41) is 5.38. The van der Waals surface area contributed by atoms with Gasteiger partial charge in [-0.15, -0.1) is 17.5 Å². The summed E-state index contributed by atoms with van der Waals surface area (Å²) < 4.78 is 21.0. The van der Waals surface area contributed by atoms with E-state index in [1.807, 2.05) is 35.9 Å². The van der Waals surface area contributed by atoms with Gasteiger partial charge in [0.1, 0.15) is 17.4 Å². The molecule has 1 aliphatic rings. The first-order chi connectivity index (χ1) is 15.0. The lowest BCUT2D eigenvalue weighted by Gasteiger charge is -2.32. The minimum atomic E-state index is -0.246. The minimum absolute atomic E-state index is 0. The predicted molar refractivity (Wildman–Crippen MR) is 129 cm³/mol. The fraction of sp³-hybridized carbons (Fsp3) is 0.417. The molecule has 1 saturated carbocycles. The summed E-state index contributed by atoms with van der Waals surface area (Å²) in [6.45, 7) is 4.88. The zero-order valence-electron chi connectivity index (χ0n) is 18.6. The summed E-state index contributed by atoms with van der Waals surface area (Å²) in [5.41, 5.74) is 1.83. The van der Waals surface area contributed by atoms with Gasteiger partial charge in [0.05, 0.1) is 23.9 Å². The molecule has 4 rings (SSSR count). The maximum atomic E-state index is 13.7. The highest BCUT2D eigenvalue weighted by Crippen LogP contribution is 2.45. The van der Waals surface area contributed by atoms with Crippen LogP contribution in [0.2, 0.25) is 5.02 Å². The van der Waals surface area contributed by atoms with Crippen LogP contribution in [0.4, 0.5) is 16.0 Å². The predicted octanol–water partition coefficient (Wildman–Crippen LogP) is 6.90. The van der Waals surface area contributed by atoms with Crippen LogP contribution in [-0.2, 0) is 6.54 Å². The van der Waals surface area contributed by atoms with Gasteiger partial charge in [-0.3, -0.25) is 0 Å². The third-order valence-corrected chi connectivity index (χ3v) is 6.03. The Bertz CT molecular complexity index is 1040. The first-order valence-electron chi connectivity index (χ1n) is 10.8. The smallest absolute Gasteiger partial charge is 0.250 e. The lowest BCUT2D eigenvalue weighted by Crippen LogP contribution is -2.26. The summed E-state index contributed by atoms with van der Waals surface area (Å²) in [5.74, 6) is 2.54. The van der Waals surface area contributed by atoms with E-state index in [4.69, 9.17) is 26.4 Å². The van der Waals surface area contributed by atoms with Crippen molar-refractivity contribution in [1.82, 2.24) is 14.8 Å². The van der Waals surface area contributed by atoms with Gasteiger partial charge in [-0.2, -0.15) is 4.98 Å². The summed E-state index contributed by atoms with van der Waals surface area (Å²) in [6.07, 6.45) is 4.31. The Kier molecular flexibility index (Phi) is 8.01. The molecule has 1 heterocycles. The molecule has 0 aliphatic heterocycles. The molecular formula is C24H29Cl2FN4O. The van der Waals surface area contributed by atoms with E-state index in [0.717, 1.165) is 36.5 Å². The number of aryl methyl sites for hydroxylation is 2. The van der Waals surface area contributed by atoms with E-state index in [1.54, 1.807) is 13.2 Å². The molecule has 1 aliphatic carbocycles. The molecule has 8 heteroatoms. The molecule has 0 spiro atoms. The maximum absolute atomic E-state index is 13.7. The first-order valence-corrected chi connectivity index (χ1v) is 11.2. The fourth-order valence-corrected chi connectivity index (χ4v) is 4.16. The Morgan fingerprint density at radius 3 is 2.53 bits per heavy atom. The molecule has 3 aromatic rings. The average Bonchev–Trinajstić information content (AvgIpc) is 3.51. The quantitative estimate of drug-likeness (QED) is 0.335. The van der Waals surface area contributed by atoms with Crippen molar-refractivity contribution in [3.63, 3.8) is 0 Å². The highest BCUT2D eigenvalue weighted by atomic mass is 35.5. The molecule has 32 heavy (non-hydrogen) atoms. The Labute approximate surface area is 200 Å². The number of rotatable bonds is 9. The van der Waals surface area contributed by atoms with Crippen molar-refractivity contribution >= 4 is 35.6 Å². The van der Waals surface area contributed by atoms with Crippen LogP contribution in [-0.4, -0.2) is 21.9 Å². The van der Waals surface area contributed by atoms with E-state index >= 15 is 0 Å². The van der Waals surface area contributed by atoms with E-state index in [-0.39, 0.29) is 24.3 Å². The number of hydrogen-bond acceptors (Lipinski definition) is 4. The van der Waals surface area contributed by atoms with Gasteiger partial charge < -0.3 is 9.64 Å². The van der Waals surface area contributed by atoms with Gasteiger partial charge in [0, 0.05) is 12.6 Å². The number of methoxy groups -OCH3 is 1. The molecule has 0 N–H and O–H groups in total. The van der Waals surface area contributed by atoms with Gasteiger partial charge in [0.15, 0.2) is 0 Å². The van der Waals surface area contributed by atoms with E-state index in [1.165, 1.54) is 25.0 Å². The van der Waals surface area contributed by atoms with Gasteiger partial charge in [-0.25, -0.2) is 9.07 Å². The van der Waals surface area contributed by atoms with Gasteiger partial charge in [0.25, 0.3) is 0 Å². The summed E-state index contributed by atoms with van der Waals surface area (Å²) in [7, 11) is 1.62. The number of halogens is 3. The van der Waals surface area contributed by atoms with E-state index in [2.05, 4.69) is 11.8 Å². The van der Waals surface area contributed by atoms with Crippen molar-refractivity contribution < 1.29 is 9.13 Å². The standard InChI is InChI=1S/C24H28ClFN4O.ClH/c1-4-13-29-16(2)27-24(28-29)30(22-12-11-20(31-3)15-21(22)25)23(14-17-5-6-17)18-7-9-19(26)10-8-18;/h7-12,15,17,23H,4-6,13-14H2,1-3H3;1H/t23-;/m0./s1. The molecule has 0 radical (unpaired) electrons. The summed E-state index contributed by atoms with van der Waals surface area (Å²) in [4.78, 5) is 6.90. The lowest BCUT2D eigenvalue weighted by molar-refractivity contribution is 0.415. The molecule has 1 fully saturated rings. The zero-order valence-corrected chi connectivity index (χ0v) is 20.2. The number of benzene rings is 2. The van der Waals surface area contributed by atoms with Crippen molar-refractivity contribution in [1.29, 1.82) is 0 Å². The third-order valence-electron chi connectivity index (χ3n) is 5.73. The molecular weight excluding hydrogens is 450 g/mol. The molecule has 5 nitrogen and oxygen atoms in total. The van der Waals surface area contributed by atoms with Crippen LogP contribution in [0.15, 0.2) is 42.5 Å². The zero-order chi connectivity index (χ0) is 22.0. The molecule has 0 unspecified atom stereocenters. The van der Waals surface area contributed by atoms with Crippen LogP contribution in [0.1, 0.15) is 50.0 Å². The van der Waals surface area contributed by atoms with Crippen LogP contribution in [0.5, 0.6) is 5.75 Å². The largest absolute Gasteiger partial charge is 0.497 e. The molecule has 1 atom stereocenters. The van der Waals surface area contributed by atoms with Crippen molar-refractivity contribution in [2.75, 3.05) is 12.0 Å². The first kappa shape index (κ1) is 24.3. The summed E-state index contributed by atoms with van der Waals surface area (Å²) in [6, 6.07) is 12.3. The Morgan fingerprint density at radius 1 is 1.22 bits per heavy atom. The second-order valence-corrected chi connectivity index (χ2v) is 8.52. The van der Waals surface area contributed by atoms with Gasteiger partial charge in [-0.1, -0.05) is 43.5 Å². The Balaban J connectivity index is 0.00000289. The molecule has 2 aromatic carbocycles. The van der Waals surface area contributed by atoms with Crippen LogP contribution < -0.4 is 9.64 Å². The van der Waals surface area contributed by atoms with E-state index in [0.29, 0.717) is 22.6 Å². The number of ether oxygens (including phenoxy) is 1. The average molecular weight is 479 g/mol.